The molecule has 52 heavy (non-hydrogen) atoms. The minimum absolute atomic E-state index is 0.529. The van der Waals surface area contributed by atoms with E-state index in [0.717, 1.165) is 48.1 Å². The van der Waals surface area contributed by atoms with Crippen LogP contribution in [-0.4, -0.2) is 14.8 Å². The van der Waals surface area contributed by atoms with Crippen LogP contribution < -0.4 is 0 Å². The summed E-state index contributed by atoms with van der Waals surface area (Å²) in [7, 11) is 0. The summed E-state index contributed by atoms with van der Waals surface area (Å²) in [5.41, 5.74) is 15.3. The van der Waals surface area contributed by atoms with E-state index in [1.807, 2.05) is 0 Å². The normalized spacial score (nSPS) is 12.8. The van der Waals surface area contributed by atoms with Crippen LogP contribution >= 0.6 is 0 Å². The average Bonchev–Trinajstić information content (AvgIpc) is 3.84. The third-order valence-electron chi connectivity index (χ3n) is 10.4. The van der Waals surface area contributed by atoms with Crippen LogP contribution in [0.2, 0.25) is 0 Å². The minimum atomic E-state index is 0.529. The molecular weight excluding hydrogens is 635 g/mol. The second-order valence-corrected chi connectivity index (χ2v) is 13.5. The molecule has 0 aliphatic heterocycles. The molecule has 2 heterocycles. The molecule has 252 valence electrons. The van der Waals surface area contributed by atoms with Gasteiger partial charge in [0.25, 0.3) is 0 Å². The minimum Gasteiger partial charge on any atom is -0.416 e. The number of allylic oxidation sites excluding steroid dienone is 4. The highest BCUT2D eigenvalue weighted by Gasteiger charge is 2.17. The van der Waals surface area contributed by atoms with Gasteiger partial charge in [0.15, 0.2) is 0 Å². The van der Waals surface area contributed by atoms with Crippen molar-refractivity contribution < 1.29 is 4.42 Å². The van der Waals surface area contributed by atoms with Crippen molar-refractivity contribution >= 4 is 27.4 Å². The topological polar surface area (TPSA) is 43.9 Å². The number of benzene rings is 6. The molecule has 0 unspecified atom stereocenters. The number of hydrogen-bond donors (Lipinski definition) is 0. The quantitative estimate of drug-likeness (QED) is 0.161. The molecule has 9 rings (SSSR count). The van der Waals surface area contributed by atoms with Crippen molar-refractivity contribution in [3.63, 3.8) is 0 Å². The van der Waals surface area contributed by atoms with Crippen LogP contribution in [0.15, 0.2) is 156 Å². The van der Waals surface area contributed by atoms with E-state index in [9.17, 15) is 0 Å². The zero-order valence-corrected chi connectivity index (χ0v) is 29.5. The van der Waals surface area contributed by atoms with Crippen LogP contribution in [0, 0.1) is 0 Å². The van der Waals surface area contributed by atoms with Gasteiger partial charge in [0.1, 0.15) is 0 Å². The number of rotatable bonds is 8. The fourth-order valence-electron chi connectivity index (χ4n) is 7.59. The number of aromatic nitrogens is 3. The van der Waals surface area contributed by atoms with Crippen molar-refractivity contribution in [1.82, 2.24) is 14.8 Å². The van der Waals surface area contributed by atoms with Gasteiger partial charge in [0, 0.05) is 27.6 Å². The molecule has 6 aromatic carbocycles. The Bertz CT molecular complexity index is 2570. The van der Waals surface area contributed by atoms with Crippen molar-refractivity contribution in [3.05, 3.63) is 169 Å². The van der Waals surface area contributed by atoms with E-state index in [1.54, 1.807) is 0 Å². The molecule has 0 amide bonds. The summed E-state index contributed by atoms with van der Waals surface area (Å²) in [6.45, 7) is 4.45. The maximum Gasteiger partial charge on any atom is 0.248 e. The lowest BCUT2D eigenvalue weighted by molar-refractivity contribution is 0.554. The Balaban J connectivity index is 1.06. The Hall–Kier alpha value is -6.26. The third-order valence-corrected chi connectivity index (χ3v) is 10.4. The number of hydrogen-bond acceptors (Lipinski definition) is 3. The van der Waals surface area contributed by atoms with Gasteiger partial charge in [-0.25, -0.2) is 0 Å². The molecule has 0 N–H and O–H groups in total. The highest BCUT2D eigenvalue weighted by atomic mass is 16.4. The largest absolute Gasteiger partial charge is 0.416 e. The Morgan fingerprint density at radius 3 is 1.60 bits per heavy atom. The predicted molar refractivity (Wildman–Crippen MR) is 215 cm³/mol. The molecule has 0 radical (unpaired) electrons. The van der Waals surface area contributed by atoms with Gasteiger partial charge in [-0.15, -0.1) is 10.2 Å². The first-order valence-electron chi connectivity index (χ1n) is 18.3. The molecule has 4 heteroatoms. The first kappa shape index (κ1) is 31.7. The summed E-state index contributed by atoms with van der Waals surface area (Å²) in [4.78, 5) is 0. The Morgan fingerprint density at radius 1 is 0.538 bits per heavy atom. The first-order chi connectivity index (χ1) is 25.7. The molecule has 0 saturated heterocycles. The summed E-state index contributed by atoms with van der Waals surface area (Å²) in [5, 5.41) is 11.3. The van der Waals surface area contributed by atoms with Gasteiger partial charge >= 0.3 is 0 Å². The van der Waals surface area contributed by atoms with Gasteiger partial charge < -0.3 is 8.98 Å². The average molecular weight is 674 g/mol. The smallest absolute Gasteiger partial charge is 0.248 e. The van der Waals surface area contributed by atoms with Crippen LogP contribution in [0.4, 0.5) is 0 Å². The van der Waals surface area contributed by atoms with Gasteiger partial charge in [-0.2, -0.15) is 0 Å². The summed E-state index contributed by atoms with van der Waals surface area (Å²) >= 11 is 0. The summed E-state index contributed by atoms with van der Waals surface area (Å²) in [5.74, 6) is 1.09. The van der Waals surface area contributed by atoms with E-state index in [1.165, 1.54) is 60.8 Å². The fraction of sp³-hybridized carbons (Fsp3) is 0.125. The number of fused-ring (bicyclic) bond motifs is 3. The second-order valence-electron chi connectivity index (χ2n) is 13.5. The van der Waals surface area contributed by atoms with Crippen molar-refractivity contribution in [2.45, 2.75) is 39.5 Å². The van der Waals surface area contributed by atoms with E-state index in [4.69, 9.17) is 4.42 Å². The van der Waals surface area contributed by atoms with Crippen LogP contribution in [0.1, 0.15) is 43.7 Å². The zero-order chi connectivity index (χ0) is 35.0. The van der Waals surface area contributed by atoms with Crippen LogP contribution in [-0.2, 0) is 12.8 Å². The number of aryl methyl sites for hydroxylation is 2. The van der Waals surface area contributed by atoms with Crippen LogP contribution in [0.3, 0.4) is 0 Å². The lowest BCUT2D eigenvalue weighted by atomic mass is 9.89. The molecule has 1 aliphatic carbocycles. The second kappa shape index (κ2) is 13.5. The Kier molecular flexibility index (Phi) is 8.21. The van der Waals surface area contributed by atoms with E-state index in [-0.39, 0.29) is 0 Å². The molecular formula is C48H39N3O. The van der Waals surface area contributed by atoms with E-state index >= 15 is 0 Å². The van der Waals surface area contributed by atoms with Crippen molar-refractivity contribution in [2.24, 2.45) is 0 Å². The van der Waals surface area contributed by atoms with Crippen molar-refractivity contribution in [2.75, 3.05) is 0 Å². The maximum atomic E-state index is 6.06. The molecule has 0 saturated carbocycles. The highest BCUT2D eigenvalue weighted by molar-refractivity contribution is 6.09. The molecule has 0 fully saturated rings. The zero-order valence-electron chi connectivity index (χ0n) is 29.5. The van der Waals surface area contributed by atoms with Crippen molar-refractivity contribution in [3.8, 4) is 50.5 Å². The Morgan fingerprint density at radius 2 is 1.06 bits per heavy atom. The molecule has 1 aliphatic rings. The first-order valence-corrected chi connectivity index (χ1v) is 18.3. The molecule has 0 atom stereocenters. The number of nitrogens with zero attached hydrogens (tertiary/aromatic N) is 3. The SMILES string of the molecule is CCc1ccc2c(c1)c1cc(CC)ccc1n2-c1ccc(-c2ccccc2-c2ccccc2-c2ccc(-c3nnc(C4=CCCC=C4)o3)cc2)cc1. The lowest BCUT2D eigenvalue weighted by Crippen LogP contribution is -1.95. The monoisotopic (exact) mass is 673 g/mol. The van der Waals surface area contributed by atoms with E-state index in [2.05, 4.69) is 180 Å². The predicted octanol–water partition coefficient (Wildman–Crippen LogP) is 12.7. The lowest BCUT2D eigenvalue weighted by Gasteiger charge is -2.15. The van der Waals surface area contributed by atoms with Crippen molar-refractivity contribution in [1.29, 1.82) is 0 Å². The maximum absolute atomic E-state index is 6.06. The third kappa shape index (κ3) is 5.67. The van der Waals surface area contributed by atoms with E-state index < -0.39 is 0 Å². The summed E-state index contributed by atoms with van der Waals surface area (Å²) in [6, 6.07) is 48.7. The van der Waals surface area contributed by atoms with Crippen LogP contribution in [0.5, 0.6) is 0 Å². The molecule has 0 bridgehead atoms. The standard InChI is InChI=1S/C48H39N3O/c1-3-32-18-28-45-43(30-32)44-31-33(4-2)19-29-46(44)51(45)38-26-24-35(25-27-38)40-15-9-11-17-42(40)41-16-10-8-14-39(41)34-20-22-37(23-21-34)48-50-49-47(52-48)36-12-6-5-7-13-36/h6,8-31H,3-5,7H2,1-2H3. The highest BCUT2D eigenvalue weighted by Crippen LogP contribution is 2.40. The molecule has 0 spiro atoms. The van der Waals surface area contributed by atoms with Gasteiger partial charge in [-0.3, -0.25) is 0 Å². The molecule has 2 aromatic heterocycles. The molecule has 4 nitrogen and oxygen atoms in total. The van der Waals surface area contributed by atoms with Gasteiger partial charge in [-0.05, 0) is 119 Å². The van der Waals surface area contributed by atoms with Gasteiger partial charge in [0.05, 0.1) is 11.0 Å². The fourth-order valence-corrected chi connectivity index (χ4v) is 7.59. The molecule has 8 aromatic rings. The van der Waals surface area contributed by atoms with Crippen LogP contribution in [0.25, 0.3) is 77.9 Å². The Labute approximate surface area is 304 Å². The van der Waals surface area contributed by atoms with Gasteiger partial charge in [-0.1, -0.05) is 117 Å². The summed E-state index contributed by atoms with van der Waals surface area (Å²) < 4.78 is 8.48. The van der Waals surface area contributed by atoms with E-state index in [0.29, 0.717) is 11.8 Å². The van der Waals surface area contributed by atoms with Gasteiger partial charge in [0.2, 0.25) is 11.8 Å². The summed E-state index contributed by atoms with van der Waals surface area (Å²) in [6.07, 6.45) is 10.4.